The fraction of sp³-hybridized carbons (Fsp3) is 0.556. The van der Waals surface area contributed by atoms with Crippen molar-refractivity contribution in [1.82, 2.24) is 9.55 Å². The molecule has 1 atom stereocenters. The highest BCUT2D eigenvalue weighted by Gasteiger charge is 2.23. The monoisotopic (exact) mass is 196 g/mol. The highest BCUT2D eigenvalue weighted by atomic mass is 16.5. The lowest BCUT2D eigenvalue weighted by molar-refractivity contribution is 0.0610. The van der Waals surface area contributed by atoms with Gasteiger partial charge in [0, 0.05) is 19.0 Å². The highest BCUT2D eigenvalue weighted by Crippen LogP contribution is 2.18. The van der Waals surface area contributed by atoms with Gasteiger partial charge in [-0.25, -0.2) is 9.78 Å². The molecular formula is C9H12N2O3. The molecule has 1 aliphatic rings. The number of fused-ring (bicyclic) bond motifs is 1. The maximum atomic E-state index is 10.8. The first-order valence-corrected chi connectivity index (χ1v) is 4.53. The zero-order chi connectivity index (χ0) is 10.1. The molecule has 0 fully saturated rings. The summed E-state index contributed by atoms with van der Waals surface area (Å²) < 4.78 is 6.93. The lowest BCUT2D eigenvalue weighted by atomic mass is 10.1. The lowest BCUT2D eigenvalue weighted by Crippen LogP contribution is -2.28. The van der Waals surface area contributed by atoms with E-state index in [1.807, 2.05) is 0 Å². The summed E-state index contributed by atoms with van der Waals surface area (Å²) in [4.78, 5) is 14.7. The van der Waals surface area contributed by atoms with Gasteiger partial charge >= 0.3 is 5.97 Å². The zero-order valence-electron chi connectivity index (χ0n) is 7.93. The number of carboxylic acid groups (broad SMARTS) is 1. The van der Waals surface area contributed by atoms with Crippen LogP contribution < -0.4 is 0 Å². The second-order valence-electron chi connectivity index (χ2n) is 3.39. The number of ether oxygens (including phenoxy) is 1. The Morgan fingerprint density at radius 1 is 1.79 bits per heavy atom. The van der Waals surface area contributed by atoms with E-state index in [0.717, 1.165) is 18.5 Å². The fourth-order valence-electron chi connectivity index (χ4n) is 1.78. The average molecular weight is 196 g/mol. The summed E-state index contributed by atoms with van der Waals surface area (Å²) in [5.41, 5.74) is 0.982. The number of imidazole rings is 1. The van der Waals surface area contributed by atoms with Crippen molar-refractivity contribution >= 4 is 5.97 Å². The Hall–Kier alpha value is -1.36. The number of rotatable bonds is 2. The number of aryl methyl sites for hydroxylation is 1. The Morgan fingerprint density at radius 3 is 3.21 bits per heavy atom. The van der Waals surface area contributed by atoms with Gasteiger partial charge in [0.1, 0.15) is 0 Å². The van der Waals surface area contributed by atoms with E-state index in [1.165, 1.54) is 0 Å². The van der Waals surface area contributed by atoms with Gasteiger partial charge in [0.2, 0.25) is 5.82 Å². The number of aromatic carboxylic acids is 1. The van der Waals surface area contributed by atoms with E-state index < -0.39 is 5.97 Å². The number of methoxy groups -OCH3 is 1. The highest BCUT2D eigenvalue weighted by molar-refractivity contribution is 5.83. The van der Waals surface area contributed by atoms with Gasteiger partial charge in [-0.3, -0.25) is 0 Å². The van der Waals surface area contributed by atoms with Crippen molar-refractivity contribution in [3.05, 3.63) is 17.7 Å². The number of hydrogen-bond acceptors (Lipinski definition) is 3. The first-order chi connectivity index (χ1) is 6.72. The van der Waals surface area contributed by atoms with Gasteiger partial charge in [-0.1, -0.05) is 0 Å². The first kappa shape index (κ1) is 9.21. The van der Waals surface area contributed by atoms with Crippen molar-refractivity contribution in [3.8, 4) is 0 Å². The largest absolute Gasteiger partial charge is 0.475 e. The lowest BCUT2D eigenvalue weighted by Gasteiger charge is -2.23. The SMILES string of the molecule is COC1CCc2cnc(C(=O)O)n2C1. The topological polar surface area (TPSA) is 64.3 Å². The van der Waals surface area contributed by atoms with Gasteiger partial charge in [-0.15, -0.1) is 0 Å². The fourth-order valence-corrected chi connectivity index (χ4v) is 1.78. The standard InChI is InChI=1S/C9H12N2O3/c1-14-7-3-2-6-4-10-8(9(12)13)11(6)5-7/h4,7H,2-3,5H2,1H3,(H,12,13). The van der Waals surface area contributed by atoms with E-state index in [-0.39, 0.29) is 11.9 Å². The van der Waals surface area contributed by atoms with Crippen molar-refractivity contribution < 1.29 is 14.6 Å². The Morgan fingerprint density at radius 2 is 2.57 bits per heavy atom. The third kappa shape index (κ3) is 1.39. The van der Waals surface area contributed by atoms with Crippen molar-refractivity contribution in [1.29, 1.82) is 0 Å². The van der Waals surface area contributed by atoms with Gasteiger partial charge in [0.25, 0.3) is 0 Å². The molecule has 14 heavy (non-hydrogen) atoms. The Bertz CT molecular complexity index is 359. The normalized spacial score (nSPS) is 20.5. The maximum absolute atomic E-state index is 10.8. The van der Waals surface area contributed by atoms with Crippen molar-refractivity contribution in [2.24, 2.45) is 0 Å². The molecule has 76 valence electrons. The van der Waals surface area contributed by atoms with Crippen LogP contribution in [0.3, 0.4) is 0 Å². The summed E-state index contributed by atoms with van der Waals surface area (Å²) in [6, 6.07) is 0. The van der Waals surface area contributed by atoms with Crippen LogP contribution in [-0.2, 0) is 17.7 Å². The molecule has 1 unspecified atom stereocenters. The summed E-state index contributed by atoms with van der Waals surface area (Å²) >= 11 is 0. The van der Waals surface area contributed by atoms with E-state index in [0.29, 0.717) is 6.54 Å². The van der Waals surface area contributed by atoms with Crippen LogP contribution >= 0.6 is 0 Å². The Kier molecular flexibility index (Phi) is 2.25. The number of aromatic nitrogens is 2. The molecule has 1 aliphatic heterocycles. The summed E-state index contributed by atoms with van der Waals surface area (Å²) in [7, 11) is 1.65. The molecule has 0 bridgehead atoms. The molecule has 2 rings (SSSR count). The van der Waals surface area contributed by atoms with Crippen LogP contribution in [-0.4, -0.2) is 33.8 Å². The second kappa shape index (κ2) is 3.42. The summed E-state index contributed by atoms with van der Waals surface area (Å²) in [6.45, 7) is 0.591. The molecule has 0 radical (unpaired) electrons. The molecule has 5 nitrogen and oxygen atoms in total. The molecule has 0 saturated carbocycles. The van der Waals surface area contributed by atoms with Gasteiger partial charge in [-0.05, 0) is 12.8 Å². The number of carbonyl (C=O) groups is 1. The third-order valence-corrected chi connectivity index (χ3v) is 2.57. The summed E-state index contributed by atoms with van der Waals surface area (Å²) in [6.07, 6.45) is 3.50. The van der Waals surface area contributed by atoms with Gasteiger partial charge < -0.3 is 14.4 Å². The predicted octanol–water partition coefficient (Wildman–Crippen LogP) is 0.542. The molecule has 5 heteroatoms. The Labute approximate surface area is 81.3 Å². The molecule has 0 aromatic carbocycles. The molecule has 1 aromatic heterocycles. The van der Waals surface area contributed by atoms with E-state index >= 15 is 0 Å². The van der Waals surface area contributed by atoms with Crippen LogP contribution in [0.25, 0.3) is 0 Å². The minimum Gasteiger partial charge on any atom is -0.475 e. The molecule has 0 spiro atoms. The van der Waals surface area contributed by atoms with E-state index in [1.54, 1.807) is 17.9 Å². The molecule has 1 aromatic rings. The first-order valence-electron chi connectivity index (χ1n) is 4.53. The van der Waals surface area contributed by atoms with Gasteiger partial charge in [0.15, 0.2) is 0 Å². The van der Waals surface area contributed by atoms with E-state index in [9.17, 15) is 4.79 Å². The van der Waals surface area contributed by atoms with E-state index in [4.69, 9.17) is 9.84 Å². The molecule has 0 amide bonds. The minimum absolute atomic E-state index is 0.106. The predicted molar refractivity (Wildman–Crippen MR) is 48.3 cm³/mol. The molecule has 1 N–H and O–H groups in total. The molecule has 0 saturated heterocycles. The van der Waals surface area contributed by atoms with Crippen molar-refractivity contribution in [3.63, 3.8) is 0 Å². The van der Waals surface area contributed by atoms with Crippen LogP contribution in [0.2, 0.25) is 0 Å². The molecule has 2 heterocycles. The van der Waals surface area contributed by atoms with Crippen molar-refractivity contribution in [2.45, 2.75) is 25.5 Å². The van der Waals surface area contributed by atoms with Crippen LogP contribution in [0, 0.1) is 0 Å². The smallest absolute Gasteiger partial charge is 0.372 e. The second-order valence-corrected chi connectivity index (χ2v) is 3.39. The van der Waals surface area contributed by atoms with Crippen LogP contribution in [0.15, 0.2) is 6.20 Å². The van der Waals surface area contributed by atoms with Crippen molar-refractivity contribution in [2.75, 3.05) is 7.11 Å². The molecular weight excluding hydrogens is 184 g/mol. The van der Waals surface area contributed by atoms with Crippen LogP contribution in [0.4, 0.5) is 0 Å². The summed E-state index contributed by atoms with van der Waals surface area (Å²) in [5, 5.41) is 8.86. The van der Waals surface area contributed by atoms with E-state index in [2.05, 4.69) is 4.98 Å². The molecule has 0 aliphatic carbocycles. The van der Waals surface area contributed by atoms with Crippen LogP contribution in [0.5, 0.6) is 0 Å². The van der Waals surface area contributed by atoms with Gasteiger partial charge in [-0.2, -0.15) is 0 Å². The minimum atomic E-state index is -0.979. The Balaban J connectivity index is 2.32. The maximum Gasteiger partial charge on any atom is 0.372 e. The summed E-state index contributed by atoms with van der Waals surface area (Å²) in [5.74, 6) is -0.866. The third-order valence-electron chi connectivity index (χ3n) is 2.57. The number of hydrogen-bond donors (Lipinski definition) is 1. The van der Waals surface area contributed by atoms with Gasteiger partial charge in [0.05, 0.1) is 12.6 Å². The number of nitrogens with zero attached hydrogens (tertiary/aromatic N) is 2. The number of carboxylic acids is 1. The quantitative estimate of drug-likeness (QED) is 0.749. The average Bonchev–Trinajstić information content (AvgIpc) is 2.59. The zero-order valence-corrected chi connectivity index (χ0v) is 7.93. The van der Waals surface area contributed by atoms with Crippen LogP contribution in [0.1, 0.15) is 22.7 Å².